The number of halogens is 1. The third kappa shape index (κ3) is 5.61. The Hall–Kier alpha value is -3.62. The first-order valence-corrected chi connectivity index (χ1v) is 11.8. The van der Waals surface area contributed by atoms with E-state index in [4.69, 9.17) is 5.26 Å². The Morgan fingerprint density at radius 3 is 2.69 bits per heavy atom. The number of hydrogen-bond donors (Lipinski definition) is 4. The van der Waals surface area contributed by atoms with Gasteiger partial charge in [0.15, 0.2) is 11.5 Å². The van der Waals surface area contributed by atoms with E-state index in [1.54, 1.807) is 18.3 Å². The van der Waals surface area contributed by atoms with Gasteiger partial charge < -0.3 is 20.8 Å². The van der Waals surface area contributed by atoms with Crippen molar-refractivity contribution in [2.24, 2.45) is 0 Å². The van der Waals surface area contributed by atoms with Crippen molar-refractivity contribution in [1.82, 2.24) is 25.1 Å². The van der Waals surface area contributed by atoms with Crippen LogP contribution in [0.15, 0.2) is 30.7 Å². The highest BCUT2D eigenvalue weighted by molar-refractivity contribution is 5.99. The maximum atomic E-state index is 14.2. The van der Waals surface area contributed by atoms with Crippen LogP contribution in [0.5, 0.6) is 0 Å². The Kier molecular flexibility index (Phi) is 6.93. The van der Waals surface area contributed by atoms with Gasteiger partial charge in [-0.15, -0.1) is 0 Å². The van der Waals surface area contributed by atoms with Crippen LogP contribution in [-0.2, 0) is 0 Å². The van der Waals surface area contributed by atoms with E-state index in [0.29, 0.717) is 53.8 Å². The van der Waals surface area contributed by atoms with E-state index < -0.39 is 23.3 Å². The molecular weight excluding hydrogens is 465 g/mol. The van der Waals surface area contributed by atoms with Gasteiger partial charge in [0.1, 0.15) is 12.2 Å². The monoisotopic (exact) mass is 495 g/mol. The number of amides is 1. The zero-order valence-electron chi connectivity index (χ0n) is 20.5. The van der Waals surface area contributed by atoms with E-state index in [2.05, 4.69) is 25.7 Å². The molecule has 4 N–H and O–H groups in total. The zero-order valence-corrected chi connectivity index (χ0v) is 20.5. The summed E-state index contributed by atoms with van der Waals surface area (Å²) in [6.45, 7) is 4.14. The molecule has 4 rings (SSSR count). The van der Waals surface area contributed by atoms with Gasteiger partial charge in [0.05, 0.1) is 40.8 Å². The average molecular weight is 496 g/mol. The number of rotatable bonds is 7. The van der Waals surface area contributed by atoms with Crippen LogP contribution in [0, 0.1) is 11.3 Å². The van der Waals surface area contributed by atoms with Gasteiger partial charge in [-0.25, -0.2) is 14.4 Å². The van der Waals surface area contributed by atoms with Gasteiger partial charge in [0.25, 0.3) is 5.91 Å². The lowest BCUT2D eigenvalue weighted by Crippen LogP contribution is -2.42. The van der Waals surface area contributed by atoms with Crippen LogP contribution >= 0.6 is 0 Å². The fraction of sp³-hybridized carbons (Fsp3) is 0.480. The molecule has 1 aliphatic rings. The molecule has 0 aliphatic heterocycles. The Morgan fingerprint density at radius 1 is 1.31 bits per heavy atom. The summed E-state index contributed by atoms with van der Waals surface area (Å²) in [4.78, 5) is 21.7. The summed E-state index contributed by atoms with van der Waals surface area (Å²) in [5.74, 6) is -0.128. The minimum absolute atomic E-state index is 0.0167. The quantitative estimate of drug-likeness (QED) is 0.391. The summed E-state index contributed by atoms with van der Waals surface area (Å²) >= 11 is 0. The molecule has 11 heteroatoms. The van der Waals surface area contributed by atoms with Crippen LogP contribution in [0.4, 0.5) is 10.1 Å². The number of aliphatic hydroxyl groups is 2. The van der Waals surface area contributed by atoms with E-state index in [-0.39, 0.29) is 18.2 Å². The van der Waals surface area contributed by atoms with Gasteiger partial charge >= 0.3 is 0 Å². The number of pyridine rings is 2. The standard InChI is InChI=1S/C25H30FN7O3/c1-24(2,35)20(26)14-30-23(34)18-13-28-21(9-19(18)32-17-4-6-25(3,36)7-5-17)33-22-16(12-31-33)8-15(10-27)11-29-22/h8-9,11-13,17,20,35-36H,4-7,14H2,1-3H3,(H,28,32)(H,30,34). The maximum absolute atomic E-state index is 14.2. The van der Waals surface area contributed by atoms with Crippen LogP contribution in [-0.4, -0.2) is 65.8 Å². The minimum atomic E-state index is -1.65. The van der Waals surface area contributed by atoms with Crippen molar-refractivity contribution in [3.63, 3.8) is 0 Å². The average Bonchev–Trinajstić information content (AvgIpc) is 3.26. The van der Waals surface area contributed by atoms with Crippen molar-refractivity contribution in [3.05, 3.63) is 41.9 Å². The number of fused-ring (bicyclic) bond motifs is 1. The first kappa shape index (κ1) is 25.5. The van der Waals surface area contributed by atoms with Crippen LogP contribution in [0.1, 0.15) is 62.4 Å². The number of nitrogens with zero attached hydrogens (tertiary/aromatic N) is 5. The van der Waals surface area contributed by atoms with E-state index in [1.807, 2.05) is 13.0 Å². The van der Waals surface area contributed by atoms with E-state index in [1.165, 1.54) is 30.9 Å². The Balaban J connectivity index is 1.65. The molecule has 1 aliphatic carbocycles. The highest BCUT2D eigenvalue weighted by atomic mass is 19.1. The number of hydrogen-bond acceptors (Lipinski definition) is 8. The highest BCUT2D eigenvalue weighted by Gasteiger charge is 2.30. The fourth-order valence-electron chi connectivity index (χ4n) is 4.14. The molecule has 1 fully saturated rings. The zero-order chi connectivity index (χ0) is 26.1. The SMILES string of the molecule is CC1(O)CCC(Nc2cc(-n3ncc4cc(C#N)cnc43)ncc2C(=O)NCC(F)C(C)(C)O)CC1. The Bertz CT molecular complexity index is 1300. The molecule has 0 spiro atoms. The molecule has 36 heavy (non-hydrogen) atoms. The Labute approximate surface area is 208 Å². The molecule has 1 atom stereocenters. The molecule has 3 aromatic rings. The second-order valence-electron chi connectivity index (χ2n) is 10.1. The second kappa shape index (κ2) is 9.79. The summed E-state index contributed by atoms with van der Waals surface area (Å²) in [5.41, 5.74) is -0.680. The Morgan fingerprint density at radius 2 is 2.03 bits per heavy atom. The van der Waals surface area contributed by atoms with Crippen molar-refractivity contribution in [2.75, 3.05) is 11.9 Å². The third-order valence-electron chi connectivity index (χ3n) is 6.52. The second-order valence-corrected chi connectivity index (χ2v) is 10.1. The lowest BCUT2D eigenvalue weighted by atomic mass is 9.83. The molecule has 1 amide bonds. The van der Waals surface area contributed by atoms with Crippen LogP contribution in [0.25, 0.3) is 16.9 Å². The van der Waals surface area contributed by atoms with E-state index >= 15 is 0 Å². The van der Waals surface area contributed by atoms with E-state index in [9.17, 15) is 19.4 Å². The van der Waals surface area contributed by atoms with Crippen molar-refractivity contribution in [1.29, 1.82) is 5.26 Å². The lowest BCUT2D eigenvalue weighted by Gasteiger charge is -2.34. The topological polar surface area (TPSA) is 149 Å². The van der Waals surface area contributed by atoms with Crippen LogP contribution in [0.2, 0.25) is 0 Å². The van der Waals surface area contributed by atoms with Gasteiger partial charge in [-0.3, -0.25) is 4.79 Å². The number of carbonyl (C=O) groups is 1. The number of alkyl halides is 1. The maximum Gasteiger partial charge on any atom is 0.255 e. The molecule has 0 saturated heterocycles. The summed E-state index contributed by atoms with van der Waals surface area (Å²) in [6.07, 6.45) is 5.43. The predicted molar refractivity (Wildman–Crippen MR) is 131 cm³/mol. The summed E-state index contributed by atoms with van der Waals surface area (Å²) in [7, 11) is 0. The van der Waals surface area contributed by atoms with E-state index in [0.717, 1.165) is 0 Å². The molecule has 0 bridgehead atoms. The number of nitriles is 1. The molecule has 0 radical (unpaired) electrons. The van der Waals surface area contributed by atoms with Gasteiger partial charge in [0.2, 0.25) is 0 Å². The normalized spacial score (nSPS) is 21.1. The molecule has 10 nitrogen and oxygen atoms in total. The van der Waals surface area contributed by atoms with Crippen LogP contribution < -0.4 is 10.6 Å². The predicted octanol–water partition coefficient (Wildman–Crippen LogP) is 2.63. The molecular formula is C25H30FN7O3. The molecule has 3 aromatic heterocycles. The first-order chi connectivity index (χ1) is 17.0. The van der Waals surface area contributed by atoms with Gasteiger partial charge in [-0.05, 0) is 52.5 Å². The third-order valence-corrected chi connectivity index (χ3v) is 6.52. The van der Waals surface area contributed by atoms with Crippen molar-refractivity contribution < 1.29 is 19.4 Å². The highest BCUT2D eigenvalue weighted by Crippen LogP contribution is 2.31. The first-order valence-electron chi connectivity index (χ1n) is 11.8. The van der Waals surface area contributed by atoms with Gasteiger partial charge in [0, 0.05) is 29.9 Å². The summed E-state index contributed by atoms with van der Waals surface area (Å²) < 4.78 is 15.7. The van der Waals surface area contributed by atoms with Crippen molar-refractivity contribution in [3.8, 4) is 11.9 Å². The van der Waals surface area contributed by atoms with Crippen molar-refractivity contribution in [2.45, 2.75) is 69.9 Å². The van der Waals surface area contributed by atoms with Gasteiger partial charge in [-0.1, -0.05) is 0 Å². The fourth-order valence-corrected chi connectivity index (χ4v) is 4.14. The van der Waals surface area contributed by atoms with Crippen molar-refractivity contribution >= 4 is 22.6 Å². The summed E-state index contributed by atoms with van der Waals surface area (Å²) in [5, 5.41) is 40.2. The van der Waals surface area contributed by atoms with Gasteiger partial charge in [-0.2, -0.15) is 15.0 Å². The molecule has 1 saturated carbocycles. The smallest absolute Gasteiger partial charge is 0.255 e. The number of nitrogens with one attached hydrogen (secondary N) is 2. The molecule has 0 aromatic carbocycles. The number of carbonyl (C=O) groups excluding carboxylic acids is 1. The molecule has 1 unspecified atom stereocenters. The van der Waals surface area contributed by atoms with Crippen LogP contribution in [0.3, 0.4) is 0 Å². The minimum Gasteiger partial charge on any atom is -0.390 e. The lowest BCUT2D eigenvalue weighted by molar-refractivity contribution is -0.00178. The molecule has 190 valence electrons. The number of aromatic nitrogens is 4. The molecule has 3 heterocycles. The number of anilines is 1. The summed E-state index contributed by atoms with van der Waals surface area (Å²) in [6, 6.07) is 5.42. The largest absolute Gasteiger partial charge is 0.390 e.